The van der Waals surface area contributed by atoms with Crippen LogP contribution in [0.25, 0.3) is 0 Å². The second-order valence-corrected chi connectivity index (χ2v) is 7.70. The lowest BCUT2D eigenvalue weighted by Gasteiger charge is -2.39. The van der Waals surface area contributed by atoms with Gasteiger partial charge in [0.15, 0.2) is 0 Å². The minimum absolute atomic E-state index is 0.0952. The molecular weight excluding hydrogens is 405 g/mol. The average molecular weight is 423 g/mol. The Morgan fingerprint density at radius 3 is 2.35 bits per heavy atom. The molecule has 0 spiro atoms. The summed E-state index contributed by atoms with van der Waals surface area (Å²) < 4.78 is 13.0. The van der Waals surface area contributed by atoms with Crippen molar-refractivity contribution in [1.82, 2.24) is 15.5 Å². The van der Waals surface area contributed by atoms with Gasteiger partial charge in [0.1, 0.15) is 11.4 Å². The van der Waals surface area contributed by atoms with Gasteiger partial charge in [-0.15, -0.1) is 0 Å². The van der Waals surface area contributed by atoms with Crippen molar-refractivity contribution in [2.75, 3.05) is 0 Å². The van der Waals surface area contributed by atoms with Crippen molar-refractivity contribution in [3.05, 3.63) is 70.5 Å². The van der Waals surface area contributed by atoms with Crippen LogP contribution in [0.5, 0.6) is 0 Å². The first-order valence-corrected chi connectivity index (χ1v) is 9.59. The summed E-state index contributed by atoms with van der Waals surface area (Å²) in [5.41, 5.74) is -0.0720. The molecule has 0 bridgehead atoms. The van der Waals surface area contributed by atoms with Crippen molar-refractivity contribution < 1.29 is 28.4 Å². The van der Waals surface area contributed by atoms with E-state index in [0.29, 0.717) is 5.56 Å². The number of hydrogen-bond acceptors (Lipinski definition) is 5. The van der Waals surface area contributed by atoms with Gasteiger partial charge in [0.2, 0.25) is 5.91 Å². The van der Waals surface area contributed by atoms with Crippen molar-refractivity contribution in [2.45, 2.75) is 31.8 Å². The standard InChI is InChI=1S/C22H18FN3O5/c1-22(9-8-17(27)24-21(22)31)26-11-14-3-2-13(10-16(14)20(26)30)19(29)25-18(28)12-4-6-15(23)7-5-12/h2-7,10H,8-9,11H2,1H3,(H,24,27,31)(H,25,28,29)/t22-/m0/s1. The van der Waals surface area contributed by atoms with E-state index in [1.807, 2.05) is 0 Å². The Hall–Kier alpha value is -3.88. The van der Waals surface area contributed by atoms with E-state index in [1.165, 1.54) is 29.2 Å². The Balaban J connectivity index is 1.53. The van der Waals surface area contributed by atoms with Crippen LogP contribution in [0.15, 0.2) is 42.5 Å². The van der Waals surface area contributed by atoms with E-state index in [0.717, 1.165) is 12.1 Å². The molecule has 0 unspecified atom stereocenters. The van der Waals surface area contributed by atoms with Crippen LogP contribution in [-0.2, 0) is 16.1 Å². The van der Waals surface area contributed by atoms with Gasteiger partial charge in [0.05, 0.1) is 0 Å². The molecule has 1 fully saturated rings. The smallest absolute Gasteiger partial charge is 0.258 e. The maximum atomic E-state index is 13.0. The summed E-state index contributed by atoms with van der Waals surface area (Å²) in [7, 11) is 0. The molecule has 8 nitrogen and oxygen atoms in total. The number of hydrogen-bond donors (Lipinski definition) is 2. The molecule has 2 N–H and O–H groups in total. The average Bonchev–Trinajstić information content (AvgIpc) is 3.08. The largest absolute Gasteiger partial charge is 0.320 e. The van der Waals surface area contributed by atoms with E-state index >= 15 is 0 Å². The molecule has 0 aromatic heterocycles. The molecular formula is C22H18FN3O5. The van der Waals surface area contributed by atoms with Crippen LogP contribution < -0.4 is 10.6 Å². The van der Waals surface area contributed by atoms with Gasteiger partial charge >= 0.3 is 0 Å². The van der Waals surface area contributed by atoms with Crippen molar-refractivity contribution in [1.29, 1.82) is 0 Å². The second-order valence-electron chi connectivity index (χ2n) is 7.70. The zero-order valence-corrected chi connectivity index (χ0v) is 16.5. The lowest BCUT2D eigenvalue weighted by molar-refractivity contribution is -0.142. The summed E-state index contributed by atoms with van der Waals surface area (Å²) in [6.07, 6.45) is 0.332. The van der Waals surface area contributed by atoms with Gasteiger partial charge in [0.25, 0.3) is 23.6 Å². The molecule has 158 valence electrons. The number of carbonyl (C=O) groups excluding carboxylic acids is 5. The van der Waals surface area contributed by atoms with Crippen LogP contribution in [0.2, 0.25) is 0 Å². The summed E-state index contributed by atoms with van der Waals surface area (Å²) in [5.74, 6) is -3.26. The molecule has 31 heavy (non-hydrogen) atoms. The molecule has 2 heterocycles. The molecule has 2 aromatic rings. The number of fused-ring (bicyclic) bond motifs is 1. The summed E-state index contributed by atoms with van der Waals surface area (Å²) in [5, 5.41) is 4.47. The Kier molecular flexibility index (Phi) is 4.88. The zero-order valence-electron chi connectivity index (χ0n) is 16.5. The molecule has 2 aliphatic rings. The Labute approximate surface area is 176 Å². The van der Waals surface area contributed by atoms with Gasteiger partial charge in [-0.2, -0.15) is 0 Å². The number of halogens is 1. The quantitative estimate of drug-likeness (QED) is 0.728. The van der Waals surface area contributed by atoms with E-state index in [1.54, 1.807) is 13.0 Å². The highest BCUT2D eigenvalue weighted by Gasteiger charge is 2.48. The first-order valence-electron chi connectivity index (χ1n) is 9.59. The Morgan fingerprint density at radius 1 is 1.03 bits per heavy atom. The van der Waals surface area contributed by atoms with E-state index < -0.39 is 35.0 Å². The van der Waals surface area contributed by atoms with E-state index in [-0.39, 0.29) is 42.0 Å². The van der Waals surface area contributed by atoms with E-state index in [4.69, 9.17) is 0 Å². The van der Waals surface area contributed by atoms with Crippen molar-refractivity contribution in [2.24, 2.45) is 0 Å². The fourth-order valence-electron chi connectivity index (χ4n) is 3.74. The van der Waals surface area contributed by atoms with Crippen LogP contribution in [0, 0.1) is 5.82 Å². The SMILES string of the molecule is C[C@]1(N2Cc3ccc(C(=O)NC(=O)c4ccc(F)cc4)cc3C2=O)CCC(=O)NC1=O. The third-order valence-electron chi connectivity index (χ3n) is 5.69. The van der Waals surface area contributed by atoms with Crippen LogP contribution in [0.3, 0.4) is 0 Å². The predicted molar refractivity (Wildman–Crippen MR) is 105 cm³/mol. The first-order chi connectivity index (χ1) is 14.7. The summed E-state index contributed by atoms with van der Waals surface area (Å²) in [4.78, 5) is 63.0. The lowest BCUT2D eigenvalue weighted by atomic mass is 9.89. The van der Waals surface area contributed by atoms with Crippen LogP contribution in [0.4, 0.5) is 4.39 Å². The van der Waals surface area contributed by atoms with Gasteiger partial charge < -0.3 is 4.90 Å². The third-order valence-corrected chi connectivity index (χ3v) is 5.69. The van der Waals surface area contributed by atoms with Crippen LogP contribution in [0.1, 0.15) is 56.4 Å². The number of piperidine rings is 1. The lowest BCUT2D eigenvalue weighted by Crippen LogP contribution is -2.61. The minimum Gasteiger partial charge on any atom is -0.320 e. The number of nitrogens with one attached hydrogen (secondary N) is 2. The molecule has 0 radical (unpaired) electrons. The van der Waals surface area contributed by atoms with Crippen molar-refractivity contribution >= 4 is 29.5 Å². The van der Waals surface area contributed by atoms with E-state index in [9.17, 15) is 28.4 Å². The monoisotopic (exact) mass is 423 g/mol. The number of benzene rings is 2. The minimum atomic E-state index is -1.18. The second kappa shape index (κ2) is 7.42. The number of nitrogens with zero attached hydrogens (tertiary/aromatic N) is 1. The van der Waals surface area contributed by atoms with Crippen molar-refractivity contribution in [3.63, 3.8) is 0 Å². The van der Waals surface area contributed by atoms with Gasteiger partial charge in [-0.05, 0) is 55.3 Å². The molecule has 5 amide bonds. The third kappa shape index (κ3) is 3.58. The maximum Gasteiger partial charge on any atom is 0.258 e. The van der Waals surface area contributed by atoms with Crippen molar-refractivity contribution in [3.8, 4) is 0 Å². The fraction of sp³-hybridized carbons (Fsp3) is 0.227. The molecule has 0 saturated carbocycles. The number of amides is 5. The predicted octanol–water partition coefficient (Wildman–Crippen LogP) is 1.55. The summed E-state index contributed by atoms with van der Waals surface area (Å²) >= 11 is 0. The van der Waals surface area contributed by atoms with Gasteiger partial charge in [-0.3, -0.25) is 34.6 Å². The maximum absolute atomic E-state index is 13.0. The Morgan fingerprint density at radius 2 is 1.68 bits per heavy atom. The number of imide groups is 2. The molecule has 9 heteroatoms. The summed E-state index contributed by atoms with van der Waals surface area (Å²) in [6.45, 7) is 1.77. The number of rotatable bonds is 3. The van der Waals surface area contributed by atoms with E-state index in [2.05, 4.69) is 10.6 Å². The summed E-state index contributed by atoms with van der Waals surface area (Å²) in [6, 6.07) is 9.18. The fourth-order valence-corrected chi connectivity index (χ4v) is 3.74. The highest BCUT2D eigenvalue weighted by molar-refractivity contribution is 6.12. The topological polar surface area (TPSA) is 113 Å². The highest BCUT2D eigenvalue weighted by Crippen LogP contribution is 2.34. The van der Waals surface area contributed by atoms with Gasteiger partial charge in [-0.25, -0.2) is 4.39 Å². The van der Waals surface area contributed by atoms with Gasteiger partial charge in [-0.1, -0.05) is 6.07 Å². The Bertz CT molecular complexity index is 1140. The van der Waals surface area contributed by atoms with Gasteiger partial charge in [0, 0.05) is 29.7 Å². The molecule has 2 aromatic carbocycles. The normalized spacial score (nSPS) is 20.3. The van der Waals surface area contributed by atoms with Crippen LogP contribution in [-0.4, -0.2) is 40.0 Å². The molecule has 0 aliphatic carbocycles. The first kappa shape index (κ1) is 20.4. The number of carbonyl (C=O) groups is 5. The molecule has 2 aliphatic heterocycles. The van der Waals surface area contributed by atoms with Crippen LogP contribution >= 0.6 is 0 Å². The molecule has 1 saturated heterocycles. The molecule has 1 atom stereocenters. The zero-order chi connectivity index (χ0) is 22.3. The molecule has 4 rings (SSSR count). The highest BCUT2D eigenvalue weighted by atomic mass is 19.1.